The molecule has 282 valence electrons. The van der Waals surface area contributed by atoms with Gasteiger partial charge < -0.3 is 15.0 Å². The lowest BCUT2D eigenvalue weighted by atomic mass is 9.59. The standard InChI is InChI=1S/C40H48BrN5O6S/c41-35-22-29(44-18-15-40(16-19-44)24-30(25-40)45-17-3-6-37(45)33-5-2-1-4-32(33)28-7-8-28)9-11-34(35)39(47)43-53(50,51)31-10-12-36(38(23-31)46(48)49)42-26-27-13-20-52-21-14-27/h1-2,4-5,9-12,22-23,27-28,30,37,42H,3,6-8,13-21,24-26H2,(H,43,47)/t37-/m0/s1. The second kappa shape index (κ2) is 15.0. The normalized spacial score (nSPS) is 22.4. The number of ether oxygens (including phenoxy) is 1. The average molecular weight is 807 g/mol. The van der Waals surface area contributed by atoms with Crippen LogP contribution in [0.5, 0.6) is 0 Å². The minimum Gasteiger partial charge on any atom is -0.381 e. The summed E-state index contributed by atoms with van der Waals surface area (Å²) in [6, 6.07) is 19.4. The molecule has 2 aliphatic carbocycles. The van der Waals surface area contributed by atoms with Crippen LogP contribution in [-0.2, 0) is 14.8 Å². The van der Waals surface area contributed by atoms with Gasteiger partial charge in [-0.1, -0.05) is 24.3 Å². The van der Waals surface area contributed by atoms with Crippen molar-refractivity contribution in [3.8, 4) is 0 Å². The fourth-order valence-electron chi connectivity index (χ4n) is 9.27. The summed E-state index contributed by atoms with van der Waals surface area (Å²) in [4.78, 5) is 29.3. The van der Waals surface area contributed by atoms with Crippen LogP contribution in [0.4, 0.5) is 17.1 Å². The number of nitrogens with one attached hydrogen (secondary N) is 2. The van der Waals surface area contributed by atoms with Gasteiger partial charge in [-0.15, -0.1) is 0 Å². The largest absolute Gasteiger partial charge is 0.381 e. The number of rotatable bonds is 11. The number of nitro groups is 1. The van der Waals surface area contributed by atoms with Crippen LogP contribution in [-0.4, -0.2) is 69.6 Å². The fraction of sp³-hybridized carbons (Fsp3) is 0.525. The van der Waals surface area contributed by atoms with Gasteiger partial charge in [0.25, 0.3) is 21.6 Å². The first-order chi connectivity index (χ1) is 25.6. The zero-order valence-corrected chi connectivity index (χ0v) is 32.4. The monoisotopic (exact) mass is 805 g/mol. The summed E-state index contributed by atoms with van der Waals surface area (Å²) >= 11 is 3.51. The van der Waals surface area contributed by atoms with E-state index in [1.54, 1.807) is 17.2 Å². The van der Waals surface area contributed by atoms with Crippen molar-refractivity contribution in [2.75, 3.05) is 49.6 Å². The van der Waals surface area contributed by atoms with E-state index in [2.05, 4.69) is 60.0 Å². The molecule has 8 rings (SSSR count). The molecule has 11 nitrogen and oxygen atoms in total. The number of likely N-dealkylation sites (tertiary alicyclic amines) is 1. The average Bonchev–Trinajstić information content (AvgIpc) is 3.89. The molecule has 5 aliphatic rings. The van der Waals surface area contributed by atoms with Gasteiger partial charge in [-0.25, -0.2) is 13.1 Å². The van der Waals surface area contributed by atoms with Gasteiger partial charge in [0, 0.05) is 61.2 Å². The van der Waals surface area contributed by atoms with Crippen LogP contribution in [0.25, 0.3) is 0 Å². The molecule has 3 heterocycles. The topological polar surface area (TPSA) is 134 Å². The fourth-order valence-corrected chi connectivity index (χ4v) is 10.8. The van der Waals surface area contributed by atoms with Crippen molar-refractivity contribution in [1.82, 2.24) is 9.62 Å². The molecule has 1 atom stereocenters. The van der Waals surface area contributed by atoms with Crippen LogP contribution >= 0.6 is 15.9 Å². The molecule has 0 radical (unpaired) electrons. The first-order valence-corrected chi connectivity index (χ1v) is 21.4. The number of halogens is 1. The van der Waals surface area contributed by atoms with Crippen molar-refractivity contribution in [3.05, 3.63) is 91.9 Å². The van der Waals surface area contributed by atoms with Crippen molar-refractivity contribution < 1.29 is 22.9 Å². The first-order valence-electron chi connectivity index (χ1n) is 19.2. The van der Waals surface area contributed by atoms with Crippen LogP contribution < -0.4 is 14.9 Å². The number of hydrogen-bond donors (Lipinski definition) is 2. The maximum atomic E-state index is 13.3. The minimum atomic E-state index is -4.39. The molecular formula is C40H48BrN5O6S. The Hall–Kier alpha value is -3.52. The summed E-state index contributed by atoms with van der Waals surface area (Å²) < 4.78 is 34.5. The summed E-state index contributed by atoms with van der Waals surface area (Å²) in [5.41, 5.74) is 4.58. The number of amides is 1. The Bertz CT molecular complexity index is 1970. The lowest BCUT2D eigenvalue weighted by Gasteiger charge is -2.56. The maximum Gasteiger partial charge on any atom is 0.293 e. The number of carbonyl (C=O) groups excluding carboxylic acids is 1. The molecule has 3 saturated heterocycles. The van der Waals surface area contributed by atoms with Crippen LogP contribution in [0.1, 0.15) is 97.7 Å². The number of benzene rings is 3. The Morgan fingerprint density at radius 2 is 1.68 bits per heavy atom. The van der Waals surface area contributed by atoms with E-state index in [-0.39, 0.29) is 21.8 Å². The molecule has 0 aromatic heterocycles. The van der Waals surface area contributed by atoms with Crippen molar-refractivity contribution >= 4 is 48.9 Å². The van der Waals surface area contributed by atoms with Gasteiger partial charge in [0.1, 0.15) is 5.69 Å². The molecule has 0 unspecified atom stereocenters. The maximum absolute atomic E-state index is 13.3. The van der Waals surface area contributed by atoms with Crippen molar-refractivity contribution in [3.63, 3.8) is 0 Å². The molecule has 53 heavy (non-hydrogen) atoms. The smallest absolute Gasteiger partial charge is 0.293 e. The Labute approximate surface area is 320 Å². The van der Waals surface area contributed by atoms with E-state index >= 15 is 0 Å². The lowest BCUT2D eigenvalue weighted by Crippen LogP contribution is -2.54. The SMILES string of the molecule is O=C(NS(=O)(=O)c1ccc(NCC2CCOCC2)c([N+](=O)[O-])c1)c1ccc(N2CCC3(CC2)CC(N2CCC[C@H]2c2ccccc2C2CC2)C3)cc1Br. The van der Waals surface area contributed by atoms with Gasteiger partial charge in [0.05, 0.1) is 15.4 Å². The number of sulfonamides is 1. The summed E-state index contributed by atoms with van der Waals surface area (Å²) in [5, 5.41) is 15.0. The van der Waals surface area contributed by atoms with Gasteiger partial charge in [-0.05, 0) is 145 Å². The third kappa shape index (κ3) is 7.72. The van der Waals surface area contributed by atoms with Gasteiger partial charge in [0.2, 0.25) is 0 Å². The van der Waals surface area contributed by atoms with Crippen molar-refractivity contribution in [2.24, 2.45) is 11.3 Å². The zero-order valence-electron chi connectivity index (χ0n) is 30.0. The van der Waals surface area contributed by atoms with E-state index in [9.17, 15) is 23.3 Å². The Morgan fingerprint density at radius 1 is 0.943 bits per heavy atom. The Balaban J connectivity index is 0.863. The minimum absolute atomic E-state index is 0.167. The number of hydrogen-bond acceptors (Lipinski definition) is 9. The number of carbonyl (C=O) groups is 1. The van der Waals surface area contributed by atoms with Gasteiger partial charge in [0.15, 0.2) is 0 Å². The molecule has 1 spiro atoms. The molecule has 3 aromatic rings. The Kier molecular flexibility index (Phi) is 10.3. The summed E-state index contributed by atoms with van der Waals surface area (Å²) in [6.45, 7) is 4.90. The van der Waals surface area contributed by atoms with Crippen LogP contribution in [0.15, 0.2) is 70.0 Å². The molecule has 0 bridgehead atoms. The van der Waals surface area contributed by atoms with Crippen molar-refractivity contribution in [1.29, 1.82) is 0 Å². The van der Waals surface area contributed by atoms with Crippen molar-refractivity contribution in [2.45, 2.75) is 87.1 Å². The molecule has 1 amide bonds. The molecule has 3 aliphatic heterocycles. The third-order valence-corrected chi connectivity index (χ3v) is 14.5. The highest BCUT2D eigenvalue weighted by atomic mass is 79.9. The summed E-state index contributed by atoms with van der Waals surface area (Å²) in [6.07, 6.45) is 11.7. The van der Waals surface area contributed by atoms with E-state index < -0.39 is 20.9 Å². The second-order valence-electron chi connectivity index (χ2n) is 15.8. The molecule has 13 heteroatoms. The molecular weight excluding hydrogens is 758 g/mol. The van der Waals surface area contributed by atoms with Gasteiger partial charge in [-0.2, -0.15) is 0 Å². The van der Waals surface area contributed by atoms with Crippen LogP contribution in [0, 0.1) is 21.4 Å². The highest BCUT2D eigenvalue weighted by Gasteiger charge is 2.50. The lowest BCUT2D eigenvalue weighted by molar-refractivity contribution is -0.384. The van der Waals surface area contributed by atoms with E-state index in [1.807, 2.05) is 12.1 Å². The van der Waals surface area contributed by atoms with Gasteiger partial charge >= 0.3 is 0 Å². The third-order valence-electron chi connectivity index (χ3n) is 12.5. The Morgan fingerprint density at radius 3 is 2.38 bits per heavy atom. The molecule has 2 saturated carbocycles. The van der Waals surface area contributed by atoms with E-state index in [0.29, 0.717) is 47.6 Å². The second-order valence-corrected chi connectivity index (χ2v) is 18.4. The number of nitrogens with zero attached hydrogens (tertiary/aromatic N) is 3. The van der Waals surface area contributed by atoms with E-state index in [1.165, 1.54) is 57.2 Å². The quantitative estimate of drug-likeness (QED) is 0.147. The molecule has 3 aromatic carbocycles. The summed E-state index contributed by atoms with van der Waals surface area (Å²) in [7, 11) is -4.39. The van der Waals surface area contributed by atoms with E-state index in [0.717, 1.165) is 56.4 Å². The number of nitro benzene ring substituents is 1. The molecule has 2 N–H and O–H groups in total. The zero-order chi connectivity index (χ0) is 36.7. The number of anilines is 2. The molecule has 5 fully saturated rings. The highest BCUT2D eigenvalue weighted by Crippen LogP contribution is 2.55. The predicted octanol–water partition coefficient (Wildman–Crippen LogP) is 7.78. The first kappa shape index (κ1) is 36.5. The highest BCUT2D eigenvalue weighted by molar-refractivity contribution is 9.10. The van der Waals surface area contributed by atoms with Crippen LogP contribution in [0.2, 0.25) is 0 Å². The van der Waals surface area contributed by atoms with Gasteiger partial charge in [-0.3, -0.25) is 19.8 Å². The van der Waals surface area contributed by atoms with E-state index in [4.69, 9.17) is 4.74 Å². The summed E-state index contributed by atoms with van der Waals surface area (Å²) in [5.74, 6) is 0.268. The van der Waals surface area contributed by atoms with Crippen LogP contribution in [0.3, 0.4) is 0 Å². The number of piperidine rings is 1. The predicted molar refractivity (Wildman–Crippen MR) is 208 cm³/mol.